The molecule has 6 heteroatoms. The van der Waals surface area contributed by atoms with Crippen LogP contribution in [-0.2, 0) is 4.79 Å². The molecule has 1 aliphatic carbocycles. The van der Waals surface area contributed by atoms with E-state index in [9.17, 15) is 4.79 Å². The minimum atomic E-state index is 0.0717. The van der Waals surface area contributed by atoms with Gasteiger partial charge in [0.2, 0.25) is 0 Å². The zero-order valence-corrected chi connectivity index (χ0v) is 19.3. The smallest absolute Gasteiger partial charge is 0.267 e. The van der Waals surface area contributed by atoms with Gasteiger partial charge < -0.3 is 4.74 Å². The summed E-state index contributed by atoms with van der Waals surface area (Å²) in [5.41, 5.74) is 1.87. The number of ether oxygens (including phenoxy) is 1. The van der Waals surface area contributed by atoms with Crippen molar-refractivity contribution in [1.29, 1.82) is 0 Å². The van der Waals surface area contributed by atoms with Crippen LogP contribution >= 0.6 is 34.4 Å². The van der Waals surface area contributed by atoms with Gasteiger partial charge in [-0.05, 0) is 83.1 Å². The first-order chi connectivity index (χ1) is 14.2. The molecule has 0 bridgehead atoms. The molecule has 0 radical (unpaired) electrons. The van der Waals surface area contributed by atoms with E-state index < -0.39 is 0 Å². The van der Waals surface area contributed by atoms with Crippen LogP contribution in [0.5, 0.6) is 5.75 Å². The van der Waals surface area contributed by atoms with E-state index in [-0.39, 0.29) is 11.9 Å². The number of thioether (sulfide) groups is 1. The molecule has 1 heterocycles. The van der Waals surface area contributed by atoms with Gasteiger partial charge in [0.15, 0.2) is 5.17 Å². The summed E-state index contributed by atoms with van der Waals surface area (Å²) in [6.45, 7) is 0. The Labute approximate surface area is 189 Å². The highest BCUT2D eigenvalue weighted by molar-refractivity contribution is 14.1. The number of amides is 1. The lowest BCUT2D eigenvalue weighted by Crippen LogP contribution is -2.40. The maximum Gasteiger partial charge on any atom is 0.267 e. The molecule has 0 unspecified atom stereocenters. The molecule has 1 saturated carbocycles. The van der Waals surface area contributed by atoms with Gasteiger partial charge >= 0.3 is 0 Å². The molecule has 0 spiro atoms. The Balaban J connectivity index is 1.68. The second kappa shape index (κ2) is 9.34. The SMILES string of the molecule is COc1ccc(/C=C2\SC(=Nc3ccccc3)N(C3CCCCC3)C2=O)cc1I. The molecule has 4 rings (SSSR count). The predicted molar refractivity (Wildman–Crippen MR) is 129 cm³/mol. The molecule has 150 valence electrons. The minimum Gasteiger partial charge on any atom is -0.496 e. The number of para-hydroxylation sites is 1. The van der Waals surface area contributed by atoms with Gasteiger partial charge in [-0.15, -0.1) is 0 Å². The third-order valence-electron chi connectivity index (χ3n) is 5.23. The van der Waals surface area contributed by atoms with E-state index in [0.717, 1.165) is 43.5 Å². The zero-order chi connectivity index (χ0) is 20.2. The second-order valence-electron chi connectivity index (χ2n) is 7.20. The molecule has 1 saturated heterocycles. The van der Waals surface area contributed by atoms with Gasteiger partial charge in [0.05, 0.1) is 21.3 Å². The molecule has 0 aromatic heterocycles. The van der Waals surface area contributed by atoms with Gasteiger partial charge in [-0.25, -0.2) is 4.99 Å². The number of benzene rings is 2. The highest BCUT2D eigenvalue weighted by Gasteiger charge is 2.38. The molecule has 1 amide bonds. The molecule has 4 nitrogen and oxygen atoms in total. The van der Waals surface area contributed by atoms with E-state index in [1.54, 1.807) is 7.11 Å². The van der Waals surface area contributed by atoms with Gasteiger partial charge in [0.25, 0.3) is 5.91 Å². The Morgan fingerprint density at radius 2 is 1.90 bits per heavy atom. The van der Waals surface area contributed by atoms with E-state index in [1.807, 2.05) is 59.5 Å². The number of aliphatic imine (C=N–C) groups is 1. The van der Waals surface area contributed by atoms with Crippen LogP contribution in [-0.4, -0.2) is 29.1 Å². The van der Waals surface area contributed by atoms with Gasteiger partial charge in [-0.1, -0.05) is 43.5 Å². The first kappa shape index (κ1) is 20.5. The number of methoxy groups -OCH3 is 1. The Hall–Kier alpha value is -1.80. The van der Waals surface area contributed by atoms with Crippen LogP contribution < -0.4 is 4.74 Å². The van der Waals surface area contributed by atoms with E-state index in [2.05, 4.69) is 22.6 Å². The summed E-state index contributed by atoms with van der Waals surface area (Å²) in [4.78, 5) is 20.8. The number of rotatable bonds is 4. The van der Waals surface area contributed by atoms with Crippen molar-refractivity contribution in [2.24, 2.45) is 4.99 Å². The van der Waals surface area contributed by atoms with Crippen molar-refractivity contribution in [3.8, 4) is 5.75 Å². The second-order valence-corrected chi connectivity index (χ2v) is 9.37. The molecular formula is C23H23IN2O2S. The summed E-state index contributed by atoms with van der Waals surface area (Å²) in [5.74, 6) is 0.913. The Morgan fingerprint density at radius 1 is 1.14 bits per heavy atom. The molecule has 29 heavy (non-hydrogen) atoms. The van der Waals surface area contributed by atoms with Gasteiger partial charge in [0.1, 0.15) is 5.75 Å². The third-order valence-corrected chi connectivity index (χ3v) is 7.06. The number of nitrogens with zero attached hydrogens (tertiary/aromatic N) is 2. The van der Waals surface area contributed by atoms with Crippen molar-refractivity contribution in [3.05, 3.63) is 62.6 Å². The van der Waals surface area contributed by atoms with E-state index in [4.69, 9.17) is 9.73 Å². The van der Waals surface area contributed by atoms with Crippen LogP contribution in [0.25, 0.3) is 6.08 Å². The molecular weight excluding hydrogens is 495 g/mol. The average molecular weight is 518 g/mol. The van der Waals surface area contributed by atoms with Crippen LogP contribution in [0, 0.1) is 3.57 Å². The molecule has 1 aliphatic heterocycles. The summed E-state index contributed by atoms with van der Waals surface area (Å²) in [6.07, 6.45) is 7.67. The molecule has 0 N–H and O–H groups in total. The van der Waals surface area contributed by atoms with Gasteiger partial charge in [0, 0.05) is 6.04 Å². The topological polar surface area (TPSA) is 41.9 Å². The van der Waals surface area contributed by atoms with E-state index in [0.29, 0.717) is 0 Å². The lowest BCUT2D eigenvalue weighted by Gasteiger charge is -2.30. The van der Waals surface area contributed by atoms with Crippen molar-refractivity contribution < 1.29 is 9.53 Å². The summed E-state index contributed by atoms with van der Waals surface area (Å²) in [5, 5.41) is 0.794. The first-order valence-corrected chi connectivity index (χ1v) is 11.8. The zero-order valence-electron chi connectivity index (χ0n) is 16.3. The maximum absolute atomic E-state index is 13.3. The van der Waals surface area contributed by atoms with Crippen molar-refractivity contribution in [2.45, 2.75) is 38.1 Å². The van der Waals surface area contributed by atoms with Crippen LogP contribution in [0.1, 0.15) is 37.7 Å². The van der Waals surface area contributed by atoms with E-state index in [1.165, 1.54) is 31.0 Å². The normalized spacial score (nSPS) is 20.6. The standard InChI is InChI=1S/C23H23IN2O2S/c1-28-20-13-12-16(14-19(20)24)15-21-22(27)26(18-10-6-3-7-11-18)23(29-21)25-17-8-4-2-5-9-17/h2,4-5,8-9,12-15,18H,3,6-7,10-11H2,1H3/b21-15-,25-23?. The Morgan fingerprint density at radius 3 is 2.59 bits per heavy atom. The van der Waals surface area contributed by atoms with Crippen LogP contribution in [0.4, 0.5) is 5.69 Å². The number of amidine groups is 1. The van der Waals surface area contributed by atoms with Crippen molar-refractivity contribution in [3.63, 3.8) is 0 Å². The molecule has 2 aliphatic rings. The number of hydrogen-bond donors (Lipinski definition) is 0. The Kier molecular flexibility index (Phi) is 6.60. The summed E-state index contributed by atoms with van der Waals surface area (Å²) in [6, 6.07) is 16.1. The fraction of sp³-hybridized carbons (Fsp3) is 0.304. The largest absolute Gasteiger partial charge is 0.496 e. The number of carbonyl (C=O) groups is 1. The lowest BCUT2D eigenvalue weighted by atomic mass is 9.94. The highest BCUT2D eigenvalue weighted by Crippen LogP contribution is 2.38. The molecule has 2 aromatic carbocycles. The molecule has 2 fully saturated rings. The third kappa shape index (κ3) is 4.69. The number of carbonyl (C=O) groups excluding carboxylic acids is 1. The monoisotopic (exact) mass is 518 g/mol. The lowest BCUT2D eigenvalue weighted by molar-refractivity contribution is -0.124. The van der Waals surface area contributed by atoms with Gasteiger partial charge in [-0.2, -0.15) is 0 Å². The number of halogens is 1. The first-order valence-electron chi connectivity index (χ1n) is 9.86. The van der Waals surface area contributed by atoms with Crippen molar-refractivity contribution in [1.82, 2.24) is 4.90 Å². The quantitative estimate of drug-likeness (QED) is 0.356. The maximum atomic E-state index is 13.3. The highest BCUT2D eigenvalue weighted by atomic mass is 127. The molecule has 0 atom stereocenters. The van der Waals surface area contributed by atoms with Crippen LogP contribution in [0.2, 0.25) is 0 Å². The summed E-state index contributed by atoms with van der Waals surface area (Å²) < 4.78 is 6.37. The fourth-order valence-electron chi connectivity index (χ4n) is 3.76. The van der Waals surface area contributed by atoms with Crippen LogP contribution in [0.3, 0.4) is 0 Å². The van der Waals surface area contributed by atoms with Gasteiger partial charge in [-0.3, -0.25) is 9.69 Å². The summed E-state index contributed by atoms with van der Waals surface area (Å²) >= 11 is 3.74. The summed E-state index contributed by atoms with van der Waals surface area (Å²) in [7, 11) is 1.67. The van der Waals surface area contributed by atoms with Crippen LogP contribution in [0.15, 0.2) is 58.4 Å². The van der Waals surface area contributed by atoms with Crippen molar-refractivity contribution >= 4 is 57.2 Å². The average Bonchev–Trinajstić information content (AvgIpc) is 3.04. The fourth-order valence-corrected chi connectivity index (χ4v) is 5.58. The molecule has 2 aromatic rings. The Bertz CT molecular complexity index is 953. The predicted octanol–water partition coefficient (Wildman–Crippen LogP) is 6.24. The minimum absolute atomic E-state index is 0.0717. The van der Waals surface area contributed by atoms with Crippen molar-refractivity contribution in [2.75, 3.05) is 7.11 Å². The number of hydrogen-bond acceptors (Lipinski definition) is 4. The van der Waals surface area contributed by atoms with E-state index >= 15 is 0 Å².